The molecule has 0 saturated heterocycles. The molecule has 0 unspecified atom stereocenters. The number of hydrogen-bond donors (Lipinski definition) is 1. The predicted octanol–water partition coefficient (Wildman–Crippen LogP) is 24.8. The third kappa shape index (κ3) is 17.0. The van der Waals surface area contributed by atoms with E-state index in [0.29, 0.717) is 11.5 Å². The Bertz CT molecular complexity index is 6250. The third-order valence-electron chi connectivity index (χ3n) is 19.8. The van der Waals surface area contributed by atoms with Gasteiger partial charge in [0.2, 0.25) is 0 Å². The number of hydrogen-bond acceptors (Lipinski definition) is 9. The fourth-order valence-corrected chi connectivity index (χ4v) is 14.6. The number of H-pyrrole nitrogens is 1. The van der Waals surface area contributed by atoms with Crippen LogP contribution in [-0.2, 0) is 37.3 Å². The zero-order valence-electron chi connectivity index (χ0n) is 66.2. The molecule has 113 heavy (non-hydrogen) atoms. The molecule has 0 bridgehead atoms. The van der Waals surface area contributed by atoms with Gasteiger partial charge in [0.25, 0.3) is 0 Å². The van der Waals surface area contributed by atoms with E-state index in [1.54, 1.807) is 0 Å². The zero-order chi connectivity index (χ0) is 78.3. The van der Waals surface area contributed by atoms with Crippen molar-refractivity contribution < 1.29 is 35.3 Å². The number of ether oxygens (including phenoxy) is 3. The number of halogens is 1. The van der Waals surface area contributed by atoms with Crippen molar-refractivity contribution in [2.24, 2.45) is 0 Å². The van der Waals surface area contributed by atoms with Gasteiger partial charge in [-0.3, -0.25) is 9.25 Å². The Kier molecular flexibility index (Phi) is 22.0. The van der Waals surface area contributed by atoms with Crippen molar-refractivity contribution >= 4 is 81.3 Å². The predicted molar refractivity (Wildman–Crippen MR) is 458 cm³/mol. The number of aryl methyl sites for hydroxylation is 6. The van der Waals surface area contributed by atoms with Crippen LogP contribution in [0.3, 0.4) is 0 Å². The van der Waals surface area contributed by atoms with Crippen LogP contribution >= 0.6 is 15.9 Å². The molecule has 18 rings (SSSR count). The smallest absolute Gasteiger partial charge is 0.509 e. The second kappa shape index (κ2) is 32.0. The normalized spacial score (nSPS) is 11.6. The molecular weight excluding hydrogens is 1640 g/mol. The first kappa shape index (κ1) is 77.7. The second-order valence-corrected chi connectivity index (χ2v) is 32.3. The summed E-state index contributed by atoms with van der Waals surface area (Å²) < 4.78 is 29.9. The van der Waals surface area contributed by atoms with Crippen molar-refractivity contribution in [2.45, 2.75) is 120 Å². The number of nitrogens with zero attached hydrogens (tertiary/aromatic N) is 11. The summed E-state index contributed by atoms with van der Waals surface area (Å²) in [6.07, 6.45) is 5.61. The van der Waals surface area contributed by atoms with Crippen molar-refractivity contribution in [3.05, 3.63) is 329 Å². The molecule has 17 heteroatoms. The zero-order valence-corrected chi connectivity index (χ0v) is 70.0. The van der Waals surface area contributed by atoms with Crippen LogP contribution in [0.15, 0.2) is 266 Å². The van der Waals surface area contributed by atoms with Crippen molar-refractivity contribution in [1.29, 1.82) is 0 Å². The molecule has 9 heterocycles. The number of para-hydroxylation sites is 3. The maximum absolute atomic E-state index is 6.39. The van der Waals surface area contributed by atoms with Crippen LogP contribution in [0.1, 0.15) is 113 Å². The van der Waals surface area contributed by atoms with E-state index in [1.165, 1.54) is 38.2 Å². The molecule has 15 nitrogen and oxygen atoms in total. The van der Waals surface area contributed by atoms with Gasteiger partial charge in [0.05, 0.1) is 45.0 Å². The number of aromatic amines is 1. The quantitative estimate of drug-likeness (QED) is 0.0988. The van der Waals surface area contributed by atoms with Crippen LogP contribution in [0.25, 0.3) is 94.1 Å². The first-order chi connectivity index (χ1) is 53.7. The Morgan fingerprint density at radius 3 is 1.34 bits per heavy atom. The van der Waals surface area contributed by atoms with Crippen LogP contribution in [0.4, 0.5) is 0 Å². The first-order valence-corrected chi connectivity index (χ1v) is 38.4. The molecule has 0 aliphatic heterocycles. The summed E-state index contributed by atoms with van der Waals surface area (Å²) >= 11 is 3.34. The minimum Gasteiger partial charge on any atom is -0.509 e. The van der Waals surface area contributed by atoms with E-state index in [-0.39, 0.29) is 37.3 Å². The summed E-state index contributed by atoms with van der Waals surface area (Å²) in [6.45, 7) is 32.0. The molecule has 568 valence electrons. The first-order valence-electron chi connectivity index (χ1n) is 37.6. The maximum atomic E-state index is 6.39. The third-order valence-corrected chi connectivity index (χ3v) is 20.2. The number of aromatic nitrogens is 12. The average Bonchev–Trinajstić information content (AvgIpc) is 1.59. The van der Waals surface area contributed by atoms with Crippen LogP contribution < -0.4 is 14.2 Å². The summed E-state index contributed by atoms with van der Waals surface area (Å²) in [7, 11) is 0. The SMILES string of the molecule is CC(C)(C)c1ccnc(Br)c1.Cc1cc(C)n(-c2[c-]c(Oc3[c-]c4c(cc3)c3ccccc3n4-c3cc(C(C)(C)C)ccn3)ccc2)n1.Cc1cc(C)n(-c2cccc(Oc3ccc4c(c3)[nH]c3ccccc34)c2)n1.Cc1cc(C)n(-c2cccc(Oc3ccc4c5ccccc5n(-c5cc(C(C)(C)C)ccn5)c4c3)c2)n1.[Pt+2]. The molecule has 9 aromatic heterocycles. The van der Waals surface area contributed by atoms with Gasteiger partial charge in [0, 0.05) is 104 Å². The Balaban J connectivity index is 0.000000132. The van der Waals surface area contributed by atoms with E-state index in [4.69, 9.17) is 24.2 Å². The van der Waals surface area contributed by atoms with Gasteiger partial charge in [-0.25, -0.2) is 24.3 Å². The number of nitrogens with one attached hydrogen (secondary N) is 1. The van der Waals surface area contributed by atoms with E-state index in [2.05, 4.69) is 272 Å². The maximum Gasteiger partial charge on any atom is 2.00 e. The van der Waals surface area contributed by atoms with E-state index in [0.717, 1.165) is 134 Å². The monoisotopic (exact) mass is 1730 g/mol. The fraction of sp³-hybridized carbons (Fsp3) is 0.188. The Morgan fingerprint density at radius 2 is 0.788 bits per heavy atom. The molecule has 0 atom stereocenters. The minimum atomic E-state index is 0. The molecule has 0 fully saturated rings. The molecule has 0 aliphatic carbocycles. The summed E-state index contributed by atoms with van der Waals surface area (Å²) in [5, 5.41) is 20.8. The summed E-state index contributed by atoms with van der Waals surface area (Å²) in [4.78, 5) is 17.1. The molecule has 0 spiro atoms. The van der Waals surface area contributed by atoms with Crippen molar-refractivity contribution in [3.63, 3.8) is 0 Å². The number of pyridine rings is 3. The fourth-order valence-electron chi connectivity index (χ4n) is 14.2. The van der Waals surface area contributed by atoms with Gasteiger partial charge in [0.15, 0.2) is 0 Å². The van der Waals surface area contributed by atoms with Crippen LogP contribution in [0, 0.1) is 53.7 Å². The molecule has 9 aromatic carbocycles. The number of rotatable bonds is 11. The Morgan fingerprint density at radius 1 is 0.345 bits per heavy atom. The van der Waals surface area contributed by atoms with Crippen LogP contribution in [0.5, 0.6) is 34.5 Å². The van der Waals surface area contributed by atoms with E-state index in [9.17, 15) is 0 Å². The molecule has 0 aliphatic rings. The van der Waals surface area contributed by atoms with Gasteiger partial charge in [0.1, 0.15) is 39.2 Å². The van der Waals surface area contributed by atoms with Gasteiger partial charge in [-0.05, 0) is 223 Å². The van der Waals surface area contributed by atoms with Gasteiger partial charge in [-0.2, -0.15) is 27.4 Å². The molecule has 0 amide bonds. The van der Waals surface area contributed by atoms with Crippen molar-refractivity contribution in [3.8, 4) is 63.2 Å². The summed E-state index contributed by atoms with van der Waals surface area (Å²) in [6, 6.07) is 89.3. The van der Waals surface area contributed by atoms with Gasteiger partial charge in [-0.1, -0.05) is 135 Å². The topological polar surface area (TPSA) is 145 Å². The van der Waals surface area contributed by atoms with E-state index >= 15 is 0 Å². The molecule has 0 radical (unpaired) electrons. The van der Waals surface area contributed by atoms with Gasteiger partial charge < -0.3 is 23.8 Å². The summed E-state index contributed by atoms with van der Waals surface area (Å²) in [5.74, 6) is 6.12. The largest absolute Gasteiger partial charge is 2.00 e. The minimum absolute atomic E-state index is 0. The van der Waals surface area contributed by atoms with Crippen molar-refractivity contribution in [2.75, 3.05) is 0 Å². The van der Waals surface area contributed by atoms with E-state index < -0.39 is 0 Å². The van der Waals surface area contributed by atoms with Crippen LogP contribution in [0.2, 0.25) is 0 Å². The van der Waals surface area contributed by atoms with E-state index in [1.807, 2.05) is 170 Å². The standard InChI is InChI=1S/C32H30N4O.C32H28N4O.C23H19N3O.C9H12BrN.Pt/c2*1-21-17-22(2)36(34-21)24-9-8-10-25(19-24)37-26-13-14-28-27-11-6-7-12-29(27)35(30(28)20-26)31-18-23(15-16-33-31)32(3,4)5;1-15-12-16(2)26(25-15)17-6-5-7-18(13-17)27-19-10-11-21-20-8-3-4-9-22(20)24-23(21)14-19;1-9(2,3)7-4-5-11-8(10)6-7;/h6-20H,1-5H3;6-18H,1-5H3;3-14,24H,1-2H3;4-6H,1-3H3;/q;-2;;;+2. The molecule has 0 saturated carbocycles. The Hall–Kier alpha value is -12.0. The average molecular weight is 1730 g/mol. The van der Waals surface area contributed by atoms with Gasteiger partial charge >= 0.3 is 21.1 Å². The Labute approximate surface area is 682 Å². The molecular formula is C96H89BrN12O3Pt. The number of fused-ring (bicyclic) bond motifs is 9. The summed E-state index contributed by atoms with van der Waals surface area (Å²) in [5.41, 5.74) is 19.4. The second-order valence-electron chi connectivity index (χ2n) is 31.5. The van der Waals surface area contributed by atoms with Crippen LogP contribution in [-0.4, -0.2) is 58.4 Å². The molecule has 1 N–H and O–H groups in total. The number of benzene rings is 9. The molecule has 18 aromatic rings. The van der Waals surface area contributed by atoms with Gasteiger partial charge in [-0.15, -0.1) is 35.7 Å². The van der Waals surface area contributed by atoms with Crippen molar-refractivity contribution in [1.82, 2.24) is 58.4 Å².